The lowest BCUT2D eigenvalue weighted by atomic mass is 10.0. The molecule has 0 spiro atoms. The molecule has 2 aliphatic heterocycles. The van der Waals surface area contributed by atoms with Gasteiger partial charge in [0.1, 0.15) is 0 Å². The number of hydrogen-bond donors (Lipinski definition) is 0. The summed E-state index contributed by atoms with van der Waals surface area (Å²) in [5.41, 5.74) is 3.16. The van der Waals surface area contributed by atoms with Crippen LogP contribution in [0.4, 0.5) is 0 Å². The number of nitrogens with zero attached hydrogens (tertiary/aromatic N) is 2. The Balaban J connectivity index is 1.30. The van der Waals surface area contributed by atoms with E-state index in [1.165, 1.54) is 64.8 Å². The predicted molar refractivity (Wildman–Crippen MR) is 93.8 cm³/mol. The molecule has 1 aliphatic carbocycles. The molecular weight excluding hydrogens is 284 g/mol. The van der Waals surface area contributed by atoms with Crippen molar-refractivity contribution in [2.45, 2.75) is 38.1 Å². The van der Waals surface area contributed by atoms with Crippen LogP contribution in [0.15, 0.2) is 24.3 Å². The predicted octanol–water partition coefficient (Wildman–Crippen LogP) is 2.59. The van der Waals surface area contributed by atoms with Crippen molar-refractivity contribution in [3.63, 3.8) is 0 Å². The molecule has 0 bridgehead atoms. The summed E-state index contributed by atoms with van der Waals surface area (Å²) >= 11 is 0. The number of rotatable bonds is 3. The Bertz CT molecular complexity index is 487. The minimum atomic E-state index is 0.741. The Kier molecular flexibility index (Phi) is 4.98. The normalized spacial score (nSPS) is 27.7. The molecule has 4 rings (SSSR count). The van der Waals surface area contributed by atoms with Crippen LogP contribution in [0, 0.1) is 5.92 Å². The molecule has 3 aliphatic rings. The first-order chi connectivity index (χ1) is 11.4. The van der Waals surface area contributed by atoms with E-state index in [1.807, 2.05) is 0 Å². The van der Waals surface area contributed by atoms with Gasteiger partial charge in [0.15, 0.2) is 0 Å². The molecule has 1 aromatic carbocycles. The molecular formula is C20H30N2O. The molecule has 126 valence electrons. The van der Waals surface area contributed by atoms with E-state index in [4.69, 9.17) is 4.74 Å². The van der Waals surface area contributed by atoms with Crippen molar-refractivity contribution in [3.05, 3.63) is 35.4 Å². The van der Waals surface area contributed by atoms with Gasteiger partial charge in [0, 0.05) is 32.3 Å². The van der Waals surface area contributed by atoms with Crippen molar-refractivity contribution in [1.82, 2.24) is 9.80 Å². The number of fused-ring (bicyclic) bond motifs is 1. The highest BCUT2D eigenvalue weighted by molar-refractivity contribution is 5.33. The summed E-state index contributed by atoms with van der Waals surface area (Å²) in [4.78, 5) is 5.46. The van der Waals surface area contributed by atoms with Crippen LogP contribution in [0.5, 0.6) is 0 Å². The summed E-state index contributed by atoms with van der Waals surface area (Å²) in [7, 11) is 0. The SMILES string of the molecule is c1ccc2c(c1)CC(N1CCCN(CC3CCCOC3)CC1)C2. The highest BCUT2D eigenvalue weighted by Crippen LogP contribution is 2.26. The minimum absolute atomic E-state index is 0.741. The molecule has 2 fully saturated rings. The maximum Gasteiger partial charge on any atom is 0.0506 e. The highest BCUT2D eigenvalue weighted by atomic mass is 16.5. The molecule has 2 saturated heterocycles. The molecule has 1 unspecified atom stereocenters. The van der Waals surface area contributed by atoms with Gasteiger partial charge in [-0.15, -0.1) is 0 Å². The molecule has 23 heavy (non-hydrogen) atoms. The van der Waals surface area contributed by atoms with Gasteiger partial charge in [0.25, 0.3) is 0 Å². The van der Waals surface area contributed by atoms with Gasteiger partial charge < -0.3 is 9.64 Å². The lowest BCUT2D eigenvalue weighted by Crippen LogP contribution is -2.40. The molecule has 2 heterocycles. The van der Waals surface area contributed by atoms with Crippen LogP contribution in [-0.2, 0) is 17.6 Å². The van der Waals surface area contributed by atoms with Gasteiger partial charge >= 0.3 is 0 Å². The van der Waals surface area contributed by atoms with Crippen molar-refractivity contribution in [3.8, 4) is 0 Å². The number of benzene rings is 1. The first-order valence-electron chi connectivity index (χ1n) is 9.49. The average Bonchev–Trinajstić information content (AvgIpc) is 2.89. The molecule has 0 aromatic heterocycles. The second-order valence-corrected chi connectivity index (χ2v) is 7.60. The van der Waals surface area contributed by atoms with Crippen LogP contribution in [0.2, 0.25) is 0 Å². The average molecular weight is 314 g/mol. The Labute approximate surface area is 140 Å². The fraction of sp³-hybridized carbons (Fsp3) is 0.700. The van der Waals surface area contributed by atoms with Gasteiger partial charge in [-0.2, -0.15) is 0 Å². The highest BCUT2D eigenvalue weighted by Gasteiger charge is 2.28. The number of ether oxygens (including phenoxy) is 1. The van der Waals surface area contributed by atoms with E-state index in [9.17, 15) is 0 Å². The third kappa shape index (κ3) is 3.78. The van der Waals surface area contributed by atoms with E-state index in [1.54, 1.807) is 11.1 Å². The van der Waals surface area contributed by atoms with E-state index in [2.05, 4.69) is 34.1 Å². The molecule has 0 radical (unpaired) electrons. The maximum atomic E-state index is 5.66. The Hall–Kier alpha value is -0.900. The van der Waals surface area contributed by atoms with Crippen molar-refractivity contribution >= 4 is 0 Å². The summed E-state index contributed by atoms with van der Waals surface area (Å²) in [6.45, 7) is 8.24. The van der Waals surface area contributed by atoms with Crippen LogP contribution in [0.25, 0.3) is 0 Å². The third-order valence-electron chi connectivity index (χ3n) is 5.94. The summed E-state index contributed by atoms with van der Waals surface area (Å²) in [5, 5.41) is 0. The van der Waals surface area contributed by atoms with Gasteiger partial charge in [0.2, 0.25) is 0 Å². The smallest absolute Gasteiger partial charge is 0.0506 e. The van der Waals surface area contributed by atoms with Gasteiger partial charge in [0.05, 0.1) is 6.61 Å². The Morgan fingerprint density at radius 3 is 2.52 bits per heavy atom. The van der Waals surface area contributed by atoms with Gasteiger partial charge in [-0.05, 0) is 62.2 Å². The standard InChI is InChI=1S/C20H30N2O/c1-2-7-19-14-20(13-18(19)6-1)22-9-4-8-21(10-11-22)15-17-5-3-12-23-16-17/h1-2,6-7,17,20H,3-5,8-16H2. The van der Waals surface area contributed by atoms with Crippen LogP contribution in [-0.4, -0.2) is 61.8 Å². The Morgan fingerprint density at radius 1 is 0.957 bits per heavy atom. The van der Waals surface area contributed by atoms with Crippen LogP contribution in [0.1, 0.15) is 30.4 Å². The van der Waals surface area contributed by atoms with E-state index in [0.717, 1.165) is 25.2 Å². The second kappa shape index (κ2) is 7.33. The molecule has 0 amide bonds. The largest absolute Gasteiger partial charge is 0.381 e. The quantitative estimate of drug-likeness (QED) is 0.853. The van der Waals surface area contributed by atoms with Crippen LogP contribution in [0.3, 0.4) is 0 Å². The summed E-state index contributed by atoms with van der Waals surface area (Å²) in [5.74, 6) is 0.769. The zero-order chi connectivity index (χ0) is 15.5. The third-order valence-corrected chi connectivity index (χ3v) is 5.94. The molecule has 3 heteroatoms. The lowest BCUT2D eigenvalue weighted by molar-refractivity contribution is 0.0388. The summed E-state index contributed by atoms with van der Waals surface area (Å²) < 4.78 is 5.66. The first kappa shape index (κ1) is 15.6. The van der Waals surface area contributed by atoms with E-state index in [0.29, 0.717) is 0 Å². The van der Waals surface area contributed by atoms with Gasteiger partial charge in [-0.1, -0.05) is 24.3 Å². The molecule has 1 aromatic rings. The maximum absolute atomic E-state index is 5.66. The van der Waals surface area contributed by atoms with Crippen molar-refractivity contribution < 1.29 is 4.74 Å². The second-order valence-electron chi connectivity index (χ2n) is 7.60. The molecule has 0 N–H and O–H groups in total. The van der Waals surface area contributed by atoms with Crippen molar-refractivity contribution in [1.29, 1.82) is 0 Å². The molecule has 0 saturated carbocycles. The van der Waals surface area contributed by atoms with Gasteiger partial charge in [-0.3, -0.25) is 4.90 Å². The lowest BCUT2D eigenvalue weighted by Gasteiger charge is -2.30. The zero-order valence-electron chi connectivity index (χ0n) is 14.3. The van der Waals surface area contributed by atoms with E-state index in [-0.39, 0.29) is 0 Å². The summed E-state index contributed by atoms with van der Waals surface area (Å²) in [6, 6.07) is 9.77. The topological polar surface area (TPSA) is 15.7 Å². The van der Waals surface area contributed by atoms with Crippen molar-refractivity contribution in [2.24, 2.45) is 5.92 Å². The molecule has 1 atom stereocenters. The number of hydrogen-bond acceptors (Lipinski definition) is 3. The fourth-order valence-corrected chi connectivity index (χ4v) is 4.65. The zero-order valence-corrected chi connectivity index (χ0v) is 14.3. The minimum Gasteiger partial charge on any atom is -0.381 e. The monoisotopic (exact) mass is 314 g/mol. The van der Waals surface area contributed by atoms with E-state index < -0.39 is 0 Å². The van der Waals surface area contributed by atoms with E-state index >= 15 is 0 Å². The van der Waals surface area contributed by atoms with Crippen LogP contribution < -0.4 is 0 Å². The first-order valence-corrected chi connectivity index (χ1v) is 9.49. The van der Waals surface area contributed by atoms with Gasteiger partial charge in [-0.25, -0.2) is 0 Å². The van der Waals surface area contributed by atoms with Crippen molar-refractivity contribution in [2.75, 3.05) is 45.9 Å². The fourth-order valence-electron chi connectivity index (χ4n) is 4.65. The van der Waals surface area contributed by atoms with Crippen LogP contribution >= 0.6 is 0 Å². The molecule has 3 nitrogen and oxygen atoms in total. The Morgan fingerprint density at radius 2 is 1.78 bits per heavy atom. The summed E-state index contributed by atoms with van der Waals surface area (Å²) in [6.07, 6.45) is 6.45.